The molecule has 0 spiro atoms. The highest BCUT2D eigenvalue weighted by molar-refractivity contribution is 5.84. The highest BCUT2D eigenvalue weighted by Crippen LogP contribution is 2.68. The van der Waals surface area contributed by atoms with E-state index >= 15 is 0 Å². The van der Waals surface area contributed by atoms with Crippen LogP contribution in [0.25, 0.3) is 0 Å². The molecule has 5 nitrogen and oxygen atoms in total. The predicted molar refractivity (Wildman–Crippen MR) is 147 cm³/mol. The Labute approximate surface area is 220 Å². The van der Waals surface area contributed by atoms with Crippen molar-refractivity contribution in [2.24, 2.45) is 44.4 Å². The molecule has 0 saturated heterocycles. The molecule has 0 amide bonds. The Kier molecular flexibility index (Phi) is 7.36. The minimum absolute atomic E-state index is 0.00102. The van der Waals surface area contributed by atoms with Crippen LogP contribution in [0.4, 0.5) is 0 Å². The number of hydrogen-bond acceptors (Lipinski definition) is 5. The summed E-state index contributed by atoms with van der Waals surface area (Å²) in [5, 5.41) is 11.4. The molecule has 0 aromatic heterocycles. The van der Waals surface area contributed by atoms with E-state index in [1.54, 1.807) is 0 Å². The van der Waals surface area contributed by atoms with E-state index < -0.39 is 0 Å². The van der Waals surface area contributed by atoms with Gasteiger partial charge in [-0.05, 0) is 69.9 Å². The predicted octanol–water partition coefficient (Wildman–Crippen LogP) is 5.91. The van der Waals surface area contributed by atoms with Gasteiger partial charge in [-0.3, -0.25) is 9.79 Å². The number of rotatable bonds is 2. The zero-order valence-corrected chi connectivity index (χ0v) is 24.4. The van der Waals surface area contributed by atoms with Gasteiger partial charge in [0.2, 0.25) is 0 Å². The molecule has 204 valence electrons. The van der Waals surface area contributed by atoms with Crippen LogP contribution >= 0.6 is 0 Å². The molecule has 4 aliphatic rings. The number of carbonyl (C=O) groups is 1. The van der Waals surface area contributed by atoms with E-state index in [9.17, 15) is 9.90 Å². The number of Topliss-reactive ketones (excluding diaryl/α,β-unsaturated/α-hetero) is 1. The van der Waals surface area contributed by atoms with E-state index in [-0.39, 0.29) is 51.7 Å². The maximum Gasteiger partial charge on any atom is 0.189 e. The van der Waals surface area contributed by atoms with E-state index in [1.165, 1.54) is 0 Å². The van der Waals surface area contributed by atoms with Gasteiger partial charge in [0.25, 0.3) is 0 Å². The largest absolute Gasteiger partial charge is 0.480 e. The first-order valence-electron chi connectivity index (χ1n) is 14.4. The highest BCUT2D eigenvalue weighted by atomic mass is 16.5. The average Bonchev–Trinajstić information content (AvgIpc) is 2.94. The third-order valence-electron chi connectivity index (χ3n) is 11.1. The fourth-order valence-electron chi connectivity index (χ4n) is 8.49. The number of carbonyl (C=O) groups excluding carboxylic acids is 1. The van der Waals surface area contributed by atoms with Crippen LogP contribution < -0.4 is 0 Å². The molecule has 0 bridgehead atoms. The van der Waals surface area contributed by atoms with Crippen molar-refractivity contribution in [2.45, 2.75) is 112 Å². The van der Waals surface area contributed by atoms with Gasteiger partial charge in [0.1, 0.15) is 5.78 Å². The Balaban J connectivity index is 1.65. The Morgan fingerprint density at radius 3 is 2.44 bits per heavy atom. The molecule has 4 rings (SSSR count). The standard InChI is InChI=1S/C31H52N2O3/c1-20(33(8)9)26-24(35)18-30(6)22-14-12-16-29(5)19-36-27(28(2,3)4)32-25(29)15-11-10-13-21(22)23(34)17-31(26,30)7/h10-11,20-22,24-26,35H,12-19H2,1-9H3/b11-10+/t20-,21+,22+,24+,25-,26-,29+,30-,31+/m0/s1. The fourth-order valence-corrected chi connectivity index (χ4v) is 8.49. The molecule has 2 fully saturated rings. The summed E-state index contributed by atoms with van der Waals surface area (Å²) in [7, 11) is 4.19. The van der Waals surface area contributed by atoms with Crippen molar-refractivity contribution < 1.29 is 14.6 Å². The van der Waals surface area contributed by atoms with Crippen LogP contribution in [0.3, 0.4) is 0 Å². The molecule has 0 aromatic carbocycles. The van der Waals surface area contributed by atoms with Crippen molar-refractivity contribution in [1.29, 1.82) is 0 Å². The molecule has 0 aromatic rings. The number of fused-ring (bicyclic) bond motifs is 4. The zero-order valence-electron chi connectivity index (χ0n) is 24.4. The van der Waals surface area contributed by atoms with Gasteiger partial charge in [-0.2, -0.15) is 0 Å². The third-order valence-corrected chi connectivity index (χ3v) is 11.1. The van der Waals surface area contributed by atoms with Crippen LogP contribution in [-0.2, 0) is 9.53 Å². The summed E-state index contributed by atoms with van der Waals surface area (Å²) in [6.07, 6.45) is 10.4. The van der Waals surface area contributed by atoms with Crippen LogP contribution in [0.15, 0.2) is 17.1 Å². The van der Waals surface area contributed by atoms with Gasteiger partial charge < -0.3 is 14.7 Å². The molecule has 2 saturated carbocycles. The SMILES string of the molecule is C[C@@H]([C@H]1[C@H](O)C[C@@]2(C)[C@@H]3CCC[C@]4(C)COC(C(C)(C)C)=N[C@H]4C/C=C/C[C@H]3C(=O)C[C@]12C)N(C)C. The summed E-state index contributed by atoms with van der Waals surface area (Å²) in [6.45, 7) is 16.5. The molecule has 1 heterocycles. The third kappa shape index (κ3) is 4.51. The second kappa shape index (κ2) is 9.52. The zero-order chi connectivity index (χ0) is 26.7. The van der Waals surface area contributed by atoms with Gasteiger partial charge in [-0.1, -0.05) is 60.1 Å². The van der Waals surface area contributed by atoms with Crippen molar-refractivity contribution in [2.75, 3.05) is 20.7 Å². The molecule has 0 radical (unpaired) electrons. The minimum Gasteiger partial charge on any atom is -0.480 e. The van der Waals surface area contributed by atoms with Crippen molar-refractivity contribution in [3.05, 3.63) is 12.2 Å². The number of ether oxygens (including phenoxy) is 1. The Bertz CT molecular complexity index is 904. The number of allylic oxidation sites excluding steroid dienone is 1. The lowest BCUT2D eigenvalue weighted by atomic mass is 9.48. The molecule has 36 heavy (non-hydrogen) atoms. The summed E-state index contributed by atoms with van der Waals surface area (Å²) in [5.41, 5.74) is -0.326. The number of hydrogen-bond donors (Lipinski definition) is 1. The van der Waals surface area contributed by atoms with Crippen LogP contribution in [0.2, 0.25) is 0 Å². The summed E-state index contributed by atoms with van der Waals surface area (Å²) >= 11 is 0. The maximum atomic E-state index is 13.8. The number of aliphatic imine (C=N–C) groups is 1. The lowest BCUT2D eigenvalue weighted by Crippen LogP contribution is -2.55. The Hall–Kier alpha value is -1.20. The van der Waals surface area contributed by atoms with E-state index in [1.807, 2.05) is 0 Å². The lowest BCUT2D eigenvalue weighted by Gasteiger charge is -2.56. The normalized spacial score (nSPS) is 45.5. The number of nitrogens with zero attached hydrogens (tertiary/aromatic N) is 2. The van der Waals surface area contributed by atoms with E-state index in [0.717, 1.165) is 44.4 Å². The summed E-state index contributed by atoms with van der Waals surface area (Å²) < 4.78 is 6.25. The first kappa shape index (κ1) is 27.8. The Morgan fingerprint density at radius 1 is 1.14 bits per heavy atom. The molecule has 5 heteroatoms. The monoisotopic (exact) mass is 500 g/mol. The van der Waals surface area contributed by atoms with Crippen LogP contribution in [0.5, 0.6) is 0 Å². The maximum absolute atomic E-state index is 13.8. The fraction of sp³-hybridized carbons (Fsp3) is 0.871. The average molecular weight is 501 g/mol. The van der Waals surface area contributed by atoms with Gasteiger partial charge in [0.05, 0.1) is 18.8 Å². The Morgan fingerprint density at radius 2 is 1.81 bits per heavy atom. The number of aliphatic hydroxyl groups excluding tert-OH is 1. The molecule has 0 unspecified atom stereocenters. The highest BCUT2D eigenvalue weighted by Gasteiger charge is 2.67. The molecule has 3 aliphatic carbocycles. The van der Waals surface area contributed by atoms with Gasteiger partial charge >= 0.3 is 0 Å². The van der Waals surface area contributed by atoms with E-state index in [2.05, 4.69) is 79.6 Å². The van der Waals surface area contributed by atoms with Crippen LogP contribution in [-0.4, -0.2) is 60.6 Å². The van der Waals surface area contributed by atoms with Gasteiger partial charge in [0.15, 0.2) is 5.90 Å². The minimum atomic E-state index is -0.364. The second-order valence-corrected chi connectivity index (χ2v) is 14.7. The van der Waals surface area contributed by atoms with Crippen molar-refractivity contribution in [3.8, 4) is 0 Å². The molecule has 1 aliphatic heterocycles. The van der Waals surface area contributed by atoms with E-state index in [4.69, 9.17) is 9.73 Å². The molecular formula is C31H52N2O3. The van der Waals surface area contributed by atoms with Crippen molar-refractivity contribution in [1.82, 2.24) is 4.90 Å². The topological polar surface area (TPSA) is 62.1 Å². The van der Waals surface area contributed by atoms with Gasteiger partial charge in [-0.25, -0.2) is 0 Å². The van der Waals surface area contributed by atoms with Crippen molar-refractivity contribution in [3.63, 3.8) is 0 Å². The first-order valence-corrected chi connectivity index (χ1v) is 14.4. The second-order valence-electron chi connectivity index (χ2n) is 14.7. The summed E-state index contributed by atoms with van der Waals surface area (Å²) in [6, 6.07) is 0.444. The van der Waals surface area contributed by atoms with E-state index in [0.29, 0.717) is 24.7 Å². The lowest BCUT2D eigenvalue weighted by molar-refractivity contribution is -0.147. The van der Waals surface area contributed by atoms with Crippen LogP contribution in [0.1, 0.15) is 93.4 Å². The van der Waals surface area contributed by atoms with Crippen molar-refractivity contribution >= 4 is 11.7 Å². The molecular weight excluding hydrogens is 448 g/mol. The number of ketones is 1. The first-order chi connectivity index (χ1) is 16.6. The van der Waals surface area contributed by atoms with Gasteiger partial charge in [0, 0.05) is 35.1 Å². The quantitative estimate of drug-likeness (QED) is 0.479. The van der Waals surface area contributed by atoms with Crippen LogP contribution in [0, 0.1) is 39.4 Å². The molecule has 9 atom stereocenters. The summed E-state index contributed by atoms with van der Waals surface area (Å²) in [4.78, 5) is 21.2. The molecule has 1 N–H and O–H groups in total. The summed E-state index contributed by atoms with van der Waals surface area (Å²) in [5.74, 6) is 1.74. The van der Waals surface area contributed by atoms with Gasteiger partial charge in [-0.15, -0.1) is 0 Å². The number of aliphatic hydroxyl groups is 1. The smallest absolute Gasteiger partial charge is 0.189 e.